The van der Waals surface area contributed by atoms with Crippen LogP contribution in [0.1, 0.15) is 91.9 Å². The normalized spacial score (nSPS) is 23.6. The number of nitrogens with two attached hydrogens (primary N) is 1. The van der Waals surface area contributed by atoms with Crippen LogP contribution in [0.3, 0.4) is 0 Å². The van der Waals surface area contributed by atoms with Crippen LogP contribution in [0.5, 0.6) is 0 Å². The van der Waals surface area contributed by atoms with Crippen LogP contribution in [0.4, 0.5) is 0 Å². The molecule has 9 nitrogen and oxygen atoms in total. The molecule has 3 unspecified atom stereocenters. The van der Waals surface area contributed by atoms with Crippen LogP contribution in [0.2, 0.25) is 0 Å². The summed E-state index contributed by atoms with van der Waals surface area (Å²) in [5, 5.41) is 11.1. The molecule has 4 amide bonds. The van der Waals surface area contributed by atoms with Crippen LogP contribution in [0.25, 0.3) is 0 Å². The van der Waals surface area contributed by atoms with Gasteiger partial charge in [0.2, 0.25) is 23.6 Å². The number of hydrogen-bond donors (Lipinski definition) is 5. The molecule has 1 aliphatic heterocycles. The molecule has 1 saturated heterocycles. The molecule has 1 fully saturated rings. The summed E-state index contributed by atoms with van der Waals surface area (Å²) in [7, 11) is 0. The molecule has 0 saturated carbocycles. The summed E-state index contributed by atoms with van der Waals surface area (Å²) in [4.78, 5) is 50.8. The van der Waals surface area contributed by atoms with Crippen molar-refractivity contribution in [2.45, 2.75) is 110 Å². The molecule has 196 valence electrons. The molecule has 1 heterocycles. The number of unbranched alkanes of at least 4 members (excludes halogenated alkanes) is 3. The smallest absolute Gasteiger partial charge is 0.243 e. The van der Waals surface area contributed by atoms with E-state index < -0.39 is 23.9 Å². The fourth-order valence-electron chi connectivity index (χ4n) is 4.06. The molecular formula is C25H47N5O4. The SMILES string of the molecule is CCC(C)CCCCCCC1CC(=O)NCC(=O)N[C@@H](CCCN)C(=O)NC(C(C)C)C(=O)N1. The minimum absolute atomic E-state index is 0.0985. The Hall–Kier alpha value is -2.16. The third kappa shape index (κ3) is 11.8. The lowest BCUT2D eigenvalue weighted by atomic mass is 9.98. The van der Waals surface area contributed by atoms with Crippen molar-refractivity contribution in [3.8, 4) is 0 Å². The minimum Gasteiger partial charge on any atom is -0.351 e. The van der Waals surface area contributed by atoms with Gasteiger partial charge in [0.1, 0.15) is 12.1 Å². The van der Waals surface area contributed by atoms with Gasteiger partial charge in [-0.05, 0) is 37.6 Å². The first-order valence-electron chi connectivity index (χ1n) is 13.0. The highest BCUT2D eigenvalue weighted by atomic mass is 16.2. The number of carbonyl (C=O) groups excluding carboxylic acids is 4. The fraction of sp³-hybridized carbons (Fsp3) is 0.840. The lowest BCUT2D eigenvalue weighted by Gasteiger charge is -2.27. The van der Waals surface area contributed by atoms with Crippen molar-refractivity contribution in [2.24, 2.45) is 17.6 Å². The first-order valence-corrected chi connectivity index (χ1v) is 13.0. The van der Waals surface area contributed by atoms with E-state index in [0.29, 0.717) is 25.8 Å². The predicted octanol–water partition coefficient (Wildman–Crippen LogP) is 1.74. The lowest BCUT2D eigenvalue weighted by Crippen LogP contribution is -2.56. The Balaban J connectivity index is 2.85. The van der Waals surface area contributed by atoms with Crippen LogP contribution in [0, 0.1) is 11.8 Å². The Morgan fingerprint density at radius 2 is 1.56 bits per heavy atom. The number of hydrogen-bond acceptors (Lipinski definition) is 5. The van der Waals surface area contributed by atoms with E-state index in [4.69, 9.17) is 5.73 Å². The van der Waals surface area contributed by atoms with Gasteiger partial charge in [-0.15, -0.1) is 0 Å². The zero-order valence-corrected chi connectivity index (χ0v) is 21.6. The average Bonchev–Trinajstić information content (AvgIpc) is 2.80. The van der Waals surface area contributed by atoms with Gasteiger partial charge in [-0.2, -0.15) is 0 Å². The molecule has 0 spiro atoms. The molecule has 0 radical (unpaired) electrons. The van der Waals surface area contributed by atoms with Gasteiger partial charge in [-0.1, -0.05) is 66.2 Å². The van der Waals surface area contributed by atoms with E-state index in [0.717, 1.165) is 25.2 Å². The van der Waals surface area contributed by atoms with Gasteiger partial charge in [-0.3, -0.25) is 19.2 Å². The molecule has 6 N–H and O–H groups in total. The molecule has 0 aromatic carbocycles. The van der Waals surface area contributed by atoms with E-state index in [1.54, 1.807) is 0 Å². The van der Waals surface area contributed by atoms with E-state index >= 15 is 0 Å². The number of rotatable bonds is 12. The second kappa shape index (κ2) is 16.5. The Labute approximate surface area is 205 Å². The summed E-state index contributed by atoms with van der Waals surface area (Å²) in [6.45, 7) is 8.36. The van der Waals surface area contributed by atoms with E-state index in [2.05, 4.69) is 35.1 Å². The zero-order chi connectivity index (χ0) is 25.5. The van der Waals surface area contributed by atoms with E-state index in [1.165, 1.54) is 19.3 Å². The van der Waals surface area contributed by atoms with Crippen molar-refractivity contribution in [1.29, 1.82) is 0 Å². The molecule has 1 aliphatic rings. The Kier molecular flexibility index (Phi) is 14.5. The molecule has 34 heavy (non-hydrogen) atoms. The van der Waals surface area contributed by atoms with Gasteiger partial charge in [0.05, 0.1) is 6.54 Å². The van der Waals surface area contributed by atoms with Crippen molar-refractivity contribution in [3.63, 3.8) is 0 Å². The second-order valence-electron chi connectivity index (χ2n) is 9.97. The quantitative estimate of drug-likeness (QED) is 0.270. The highest BCUT2D eigenvalue weighted by Gasteiger charge is 2.30. The van der Waals surface area contributed by atoms with Crippen molar-refractivity contribution >= 4 is 23.6 Å². The highest BCUT2D eigenvalue weighted by Crippen LogP contribution is 2.15. The third-order valence-corrected chi connectivity index (χ3v) is 6.52. The van der Waals surface area contributed by atoms with Gasteiger partial charge in [0.15, 0.2) is 0 Å². The molecule has 0 bridgehead atoms. The van der Waals surface area contributed by atoms with Crippen LogP contribution in [0.15, 0.2) is 0 Å². The van der Waals surface area contributed by atoms with Crippen molar-refractivity contribution in [1.82, 2.24) is 21.3 Å². The molecule has 0 aromatic rings. The van der Waals surface area contributed by atoms with E-state index in [9.17, 15) is 19.2 Å². The van der Waals surface area contributed by atoms with Gasteiger partial charge in [0.25, 0.3) is 0 Å². The number of nitrogens with one attached hydrogen (secondary N) is 4. The van der Waals surface area contributed by atoms with Gasteiger partial charge < -0.3 is 27.0 Å². The van der Waals surface area contributed by atoms with Crippen molar-refractivity contribution in [2.75, 3.05) is 13.1 Å². The Bertz CT molecular complexity index is 655. The number of amides is 4. The average molecular weight is 482 g/mol. The third-order valence-electron chi connectivity index (χ3n) is 6.52. The molecular weight excluding hydrogens is 434 g/mol. The standard InChI is InChI=1S/C25H47N5O4/c1-5-18(4)11-8-6-7-9-12-19-15-21(31)27-16-22(32)29-20(13-10-14-26)24(33)30-23(17(2)3)25(34)28-19/h17-20,23H,5-16,26H2,1-4H3,(H,27,31)(H,28,34)(H,29,32)(H,30,33)/t18?,19?,20-,23?/m0/s1. The van der Waals surface area contributed by atoms with Crippen LogP contribution in [-0.2, 0) is 19.2 Å². The topological polar surface area (TPSA) is 142 Å². The number of carbonyl (C=O) groups is 4. The molecule has 4 atom stereocenters. The largest absolute Gasteiger partial charge is 0.351 e. The van der Waals surface area contributed by atoms with E-state index in [1.807, 2.05) is 13.8 Å². The first kappa shape index (κ1) is 29.9. The molecule has 0 aliphatic carbocycles. The summed E-state index contributed by atoms with van der Waals surface area (Å²) in [6.07, 6.45) is 8.36. The fourth-order valence-corrected chi connectivity index (χ4v) is 4.06. The first-order chi connectivity index (χ1) is 16.2. The van der Waals surface area contributed by atoms with Crippen LogP contribution >= 0.6 is 0 Å². The summed E-state index contributed by atoms with van der Waals surface area (Å²) in [5.74, 6) is -0.873. The second-order valence-corrected chi connectivity index (χ2v) is 9.97. The van der Waals surface area contributed by atoms with Crippen LogP contribution in [-0.4, -0.2) is 54.8 Å². The molecule has 0 aromatic heterocycles. The maximum absolute atomic E-state index is 13.1. The highest BCUT2D eigenvalue weighted by molar-refractivity contribution is 5.94. The molecule has 9 heteroatoms. The molecule has 1 rings (SSSR count). The monoisotopic (exact) mass is 481 g/mol. The van der Waals surface area contributed by atoms with Crippen molar-refractivity contribution in [3.05, 3.63) is 0 Å². The van der Waals surface area contributed by atoms with E-state index in [-0.39, 0.29) is 36.7 Å². The summed E-state index contributed by atoms with van der Waals surface area (Å²) < 4.78 is 0. The summed E-state index contributed by atoms with van der Waals surface area (Å²) >= 11 is 0. The maximum Gasteiger partial charge on any atom is 0.243 e. The Morgan fingerprint density at radius 1 is 0.853 bits per heavy atom. The summed E-state index contributed by atoms with van der Waals surface area (Å²) in [6, 6.07) is -1.92. The predicted molar refractivity (Wildman–Crippen MR) is 134 cm³/mol. The van der Waals surface area contributed by atoms with Crippen molar-refractivity contribution < 1.29 is 19.2 Å². The van der Waals surface area contributed by atoms with Gasteiger partial charge in [-0.25, -0.2) is 0 Å². The van der Waals surface area contributed by atoms with Crippen LogP contribution < -0.4 is 27.0 Å². The zero-order valence-electron chi connectivity index (χ0n) is 21.6. The van der Waals surface area contributed by atoms with Gasteiger partial charge in [0, 0.05) is 12.5 Å². The Morgan fingerprint density at radius 3 is 2.21 bits per heavy atom. The maximum atomic E-state index is 13.1. The summed E-state index contributed by atoms with van der Waals surface area (Å²) in [5.41, 5.74) is 5.57. The van der Waals surface area contributed by atoms with Gasteiger partial charge >= 0.3 is 0 Å². The minimum atomic E-state index is -0.811. The lowest BCUT2D eigenvalue weighted by molar-refractivity contribution is -0.133.